The third-order valence-electron chi connectivity index (χ3n) is 2.26. The number of nitrogens with zero attached hydrogens (tertiary/aromatic N) is 4. The first-order valence-corrected chi connectivity index (χ1v) is 5.78. The van der Waals surface area contributed by atoms with E-state index in [9.17, 15) is 4.79 Å². The first kappa shape index (κ1) is 13.0. The van der Waals surface area contributed by atoms with Gasteiger partial charge in [0.2, 0.25) is 5.91 Å². The van der Waals surface area contributed by atoms with Gasteiger partial charge in [0.15, 0.2) is 5.82 Å². The van der Waals surface area contributed by atoms with Gasteiger partial charge in [-0.2, -0.15) is 0 Å². The van der Waals surface area contributed by atoms with Crippen LogP contribution in [0.25, 0.3) is 0 Å². The van der Waals surface area contributed by atoms with Gasteiger partial charge in [-0.05, 0) is 6.92 Å². The summed E-state index contributed by atoms with van der Waals surface area (Å²) in [5, 5.41) is 5.60. The number of carbonyl (C=O) groups excluding carboxylic acids is 1. The van der Waals surface area contributed by atoms with Crippen molar-refractivity contribution >= 4 is 11.7 Å². The maximum Gasteiger partial charge on any atom is 0.239 e. The van der Waals surface area contributed by atoms with Crippen molar-refractivity contribution in [2.75, 3.05) is 11.9 Å². The monoisotopic (exact) mass is 258 g/mol. The largest absolute Gasteiger partial charge is 0.308 e. The Kier molecular flexibility index (Phi) is 4.46. The lowest BCUT2D eigenvalue weighted by Crippen LogP contribution is -2.28. The van der Waals surface area contributed by atoms with E-state index in [0.29, 0.717) is 12.4 Å². The number of carbonyl (C=O) groups is 1. The van der Waals surface area contributed by atoms with Crippen LogP contribution in [0.2, 0.25) is 0 Å². The standard InChI is InChI=1S/C12H14N6O/c1-9-4-17-10(6-16-9)5-14-8-12(19)18-11-7-13-2-3-15-11/h2-4,6-7,14H,5,8H2,1H3,(H,15,18,19). The highest BCUT2D eigenvalue weighted by molar-refractivity contribution is 5.91. The van der Waals surface area contributed by atoms with Gasteiger partial charge in [-0.1, -0.05) is 0 Å². The molecule has 0 bridgehead atoms. The SMILES string of the molecule is Cc1cnc(CNCC(=O)Nc2cnccn2)cn1. The Hall–Kier alpha value is -2.41. The number of nitrogens with one attached hydrogen (secondary N) is 2. The molecule has 0 aromatic carbocycles. The van der Waals surface area contributed by atoms with Crippen molar-refractivity contribution in [2.45, 2.75) is 13.5 Å². The van der Waals surface area contributed by atoms with E-state index < -0.39 is 0 Å². The van der Waals surface area contributed by atoms with Crippen molar-refractivity contribution in [1.82, 2.24) is 25.3 Å². The third-order valence-corrected chi connectivity index (χ3v) is 2.26. The third kappa shape index (κ3) is 4.40. The van der Waals surface area contributed by atoms with Crippen LogP contribution < -0.4 is 10.6 Å². The maximum atomic E-state index is 11.6. The number of rotatable bonds is 5. The van der Waals surface area contributed by atoms with Gasteiger partial charge in [-0.25, -0.2) is 4.98 Å². The van der Waals surface area contributed by atoms with Crippen LogP contribution in [0.15, 0.2) is 31.0 Å². The Bertz CT molecular complexity index is 528. The lowest BCUT2D eigenvalue weighted by molar-refractivity contribution is -0.115. The van der Waals surface area contributed by atoms with Crippen molar-refractivity contribution in [3.05, 3.63) is 42.4 Å². The minimum absolute atomic E-state index is 0.173. The van der Waals surface area contributed by atoms with Crippen LogP contribution in [0.4, 0.5) is 5.82 Å². The molecule has 2 aromatic heterocycles. The fraction of sp³-hybridized carbons (Fsp3) is 0.250. The van der Waals surface area contributed by atoms with Gasteiger partial charge < -0.3 is 10.6 Å². The highest BCUT2D eigenvalue weighted by Crippen LogP contribution is 1.96. The van der Waals surface area contributed by atoms with Gasteiger partial charge in [0.05, 0.1) is 24.1 Å². The molecule has 0 aliphatic carbocycles. The summed E-state index contributed by atoms with van der Waals surface area (Å²) < 4.78 is 0. The Morgan fingerprint density at radius 3 is 2.74 bits per heavy atom. The van der Waals surface area contributed by atoms with Crippen molar-refractivity contribution in [3.8, 4) is 0 Å². The molecule has 7 heteroatoms. The predicted octanol–water partition coefficient (Wildman–Crippen LogP) is 0.303. The number of hydrogen-bond acceptors (Lipinski definition) is 6. The second-order valence-electron chi connectivity index (χ2n) is 3.89. The molecule has 7 nitrogen and oxygen atoms in total. The highest BCUT2D eigenvalue weighted by atomic mass is 16.1. The number of amides is 1. The predicted molar refractivity (Wildman–Crippen MR) is 69.1 cm³/mol. The molecular formula is C12H14N6O. The fourth-order valence-electron chi connectivity index (χ4n) is 1.37. The van der Waals surface area contributed by atoms with Crippen LogP contribution in [0.1, 0.15) is 11.4 Å². The molecule has 0 atom stereocenters. The number of aromatic nitrogens is 4. The molecule has 0 spiro atoms. The van der Waals surface area contributed by atoms with E-state index in [1.54, 1.807) is 18.6 Å². The van der Waals surface area contributed by atoms with Gasteiger partial charge in [0.1, 0.15) is 0 Å². The molecular weight excluding hydrogens is 244 g/mol. The molecule has 2 aromatic rings. The summed E-state index contributed by atoms with van der Waals surface area (Å²) in [6.45, 7) is 2.53. The number of anilines is 1. The molecule has 2 rings (SSSR count). The molecule has 2 heterocycles. The van der Waals surface area contributed by atoms with Crippen molar-refractivity contribution in [1.29, 1.82) is 0 Å². The van der Waals surface area contributed by atoms with E-state index in [2.05, 4.69) is 30.6 Å². The molecule has 0 fully saturated rings. The van der Waals surface area contributed by atoms with Crippen LogP contribution in [-0.4, -0.2) is 32.4 Å². The average Bonchev–Trinajstić information content (AvgIpc) is 2.42. The minimum atomic E-state index is -0.180. The van der Waals surface area contributed by atoms with E-state index in [-0.39, 0.29) is 12.5 Å². The summed E-state index contributed by atoms with van der Waals surface area (Å²) in [6, 6.07) is 0. The second kappa shape index (κ2) is 6.50. The molecule has 0 aliphatic heterocycles. The van der Waals surface area contributed by atoms with Crippen LogP contribution in [0.5, 0.6) is 0 Å². The molecule has 0 unspecified atom stereocenters. The zero-order chi connectivity index (χ0) is 13.5. The molecule has 2 N–H and O–H groups in total. The summed E-state index contributed by atoms with van der Waals surface area (Å²) in [5.74, 6) is 0.255. The minimum Gasteiger partial charge on any atom is -0.308 e. The zero-order valence-corrected chi connectivity index (χ0v) is 10.5. The smallest absolute Gasteiger partial charge is 0.239 e. The van der Waals surface area contributed by atoms with Crippen molar-refractivity contribution < 1.29 is 4.79 Å². The van der Waals surface area contributed by atoms with E-state index in [1.165, 1.54) is 12.4 Å². The molecule has 0 saturated carbocycles. The molecule has 0 saturated heterocycles. The van der Waals surface area contributed by atoms with E-state index in [1.807, 2.05) is 6.92 Å². The van der Waals surface area contributed by atoms with Crippen LogP contribution >= 0.6 is 0 Å². The van der Waals surface area contributed by atoms with E-state index >= 15 is 0 Å². The molecule has 1 amide bonds. The molecule has 98 valence electrons. The van der Waals surface area contributed by atoms with Crippen molar-refractivity contribution in [2.24, 2.45) is 0 Å². The number of hydrogen-bond donors (Lipinski definition) is 2. The summed E-state index contributed by atoms with van der Waals surface area (Å²) in [7, 11) is 0. The quantitative estimate of drug-likeness (QED) is 0.801. The Morgan fingerprint density at radius 2 is 2.05 bits per heavy atom. The summed E-state index contributed by atoms with van der Waals surface area (Å²) in [5.41, 5.74) is 1.65. The van der Waals surface area contributed by atoms with Crippen LogP contribution in [0.3, 0.4) is 0 Å². The Morgan fingerprint density at radius 1 is 1.16 bits per heavy atom. The van der Waals surface area contributed by atoms with Gasteiger partial charge >= 0.3 is 0 Å². The topological polar surface area (TPSA) is 92.7 Å². The number of aryl methyl sites for hydroxylation is 1. The van der Waals surface area contributed by atoms with E-state index in [0.717, 1.165) is 11.4 Å². The first-order chi connectivity index (χ1) is 9.24. The maximum absolute atomic E-state index is 11.6. The van der Waals surface area contributed by atoms with Crippen LogP contribution in [-0.2, 0) is 11.3 Å². The summed E-state index contributed by atoms with van der Waals surface area (Å²) in [4.78, 5) is 27.7. The second-order valence-corrected chi connectivity index (χ2v) is 3.89. The van der Waals surface area contributed by atoms with Gasteiger partial charge in [0, 0.05) is 31.3 Å². The lowest BCUT2D eigenvalue weighted by atomic mass is 10.4. The van der Waals surface area contributed by atoms with E-state index in [4.69, 9.17) is 0 Å². The van der Waals surface area contributed by atoms with Crippen LogP contribution in [0, 0.1) is 6.92 Å². The molecule has 0 aliphatic rings. The first-order valence-electron chi connectivity index (χ1n) is 5.78. The zero-order valence-electron chi connectivity index (χ0n) is 10.5. The summed E-state index contributed by atoms with van der Waals surface area (Å²) >= 11 is 0. The van der Waals surface area contributed by atoms with Crippen molar-refractivity contribution in [3.63, 3.8) is 0 Å². The molecule has 0 radical (unpaired) electrons. The van der Waals surface area contributed by atoms with Gasteiger partial charge in [0.25, 0.3) is 0 Å². The lowest BCUT2D eigenvalue weighted by Gasteiger charge is -2.05. The average molecular weight is 258 g/mol. The highest BCUT2D eigenvalue weighted by Gasteiger charge is 2.03. The summed E-state index contributed by atoms with van der Waals surface area (Å²) in [6.07, 6.45) is 7.93. The van der Waals surface area contributed by atoms with Gasteiger partial charge in [-0.3, -0.25) is 19.7 Å². The fourth-order valence-corrected chi connectivity index (χ4v) is 1.37. The molecule has 19 heavy (non-hydrogen) atoms. The Labute approximate surface area is 110 Å². The Balaban J connectivity index is 1.74. The van der Waals surface area contributed by atoms with Gasteiger partial charge in [-0.15, -0.1) is 0 Å². The normalized spacial score (nSPS) is 10.2.